The van der Waals surface area contributed by atoms with Crippen LogP contribution in [-0.2, 0) is 14.3 Å². The van der Waals surface area contributed by atoms with Gasteiger partial charge in [0, 0.05) is 17.6 Å². The molecule has 3 amide bonds. The number of carbonyl (C=O) groups excluding carboxylic acids is 3. The SMILES string of the molecule is CSCCC(NC(=O)OC(C)(C)C)C(=O)N(C(C)C)C(C(=O)NC(C)C)c1ccccc1O. The van der Waals surface area contributed by atoms with Crippen LogP contribution in [0.1, 0.15) is 66.5 Å². The molecule has 8 nitrogen and oxygen atoms in total. The van der Waals surface area contributed by atoms with E-state index in [0.717, 1.165) is 0 Å². The van der Waals surface area contributed by atoms with Crippen molar-refractivity contribution in [3.8, 4) is 5.75 Å². The summed E-state index contributed by atoms with van der Waals surface area (Å²) in [6.45, 7) is 12.5. The summed E-state index contributed by atoms with van der Waals surface area (Å²) < 4.78 is 5.36. The minimum Gasteiger partial charge on any atom is -0.508 e. The van der Waals surface area contributed by atoms with Gasteiger partial charge in [-0.2, -0.15) is 11.8 Å². The summed E-state index contributed by atoms with van der Waals surface area (Å²) in [5, 5.41) is 16.1. The number of carbonyl (C=O) groups is 3. The van der Waals surface area contributed by atoms with Crippen LogP contribution in [0.4, 0.5) is 4.79 Å². The third-order valence-corrected chi connectivity index (χ3v) is 5.24. The zero-order valence-electron chi connectivity index (χ0n) is 21.0. The summed E-state index contributed by atoms with van der Waals surface area (Å²) >= 11 is 1.55. The molecule has 186 valence electrons. The molecule has 0 aromatic heterocycles. The highest BCUT2D eigenvalue weighted by atomic mass is 32.2. The molecule has 0 aliphatic carbocycles. The topological polar surface area (TPSA) is 108 Å². The largest absolute Gasteiger partial charge is 0.508 e. The van der Waals surface area contributed by atoms with Crippen molar-refractivity contribution in [1.82, 2.24) is 15.5 Å². The Kier molecular flexibility index (Phi) is 11.0. The van der Waals surface area contributed by atoms with E-state index in [1.807, 2.05) is 20.1 Å². The van der Waals surface area contributed by atoms with Crippen LogP contribution in [0.2, 0.25) is 0 Å². The van der Waals surface area contributed by atoms with Crippen molar-refractivity contribution >= 4 is 29.7 Å². The van der Waals surface area contributed by atoms with Gasteiger partial charge in [0.15, 0.2) is 0 Å². The number of rotatable bonds is 10. The maximum atomic E-state index is 13.8. The van der Waals surface area contributed by atoms with E-state index < -0.39 is 41.6 Å². The van der Waals surface area contributed by atoms with Gasteiger partial charge in [0.1, 0.15) is 23.4 Å². The molecular weight excluding hydrogens is 442 g/mol. The van der Waals surface area contributed by atoms with Gasteiger partial charge in [-0.15, -0.1) is 0 Å². The smallest absolute Gasteiger partial charge is 0.408 e. The molecule has 0 saturated heterocycles. The van der Waals surface area contributed by atoms with E-state index in [-0.39, 0.29) is 11.8 Å². The first kappa shape index (κ1) is 28.6. The Morgan fingerprint density at radius 2 is 1.70 bits per heavy atom. The number of alkyl carbamates (subject to hydrolysis) is 1. The summed E-state index contributed by atoms with van der Waals surface area (Å²) in [6, 6.07) is 3.95. The van der Waals surface area contributed by atoms with Crippen molar-refractivity contribution in [1.29, 1.82) is 0 Å². The lowest BCUT2D eigenvalue weighted by molar-refractivity contribution is -0.144. The number of benzene rings is 1. The van der Waals surface area contributed by atoms with Crippen LogP contribution in [0, 0.1) is 0 Å². The maximum Gasteiger partial charge on any atom is 0.408 e. The minimum absolute atomic E-state index is 0.0828. The first-order chi connectivity index (χ1) is 15.3. The lowest BCUT2D eigenvalue weighted by Crippen LogP contribution is -2.55. The standard InChI is InChI=1S/C24H39N3O5S/c1-15(2)25-21(29)20(17-11-9-10-12-19(17)28)27(16(3)4)22(30)18(13-14-33-8)26-23(31)32-24(5,6)7/h9-12,15-16,18,20,28H,13-14H2,1-8H3,(H,25,29)(H,26,31). The van der Waals surface area contributed by atoms with E-state index in [2.05, 4.69) is 10.6 Å². The summed E-state index contributed by atoms with van der Waals surface area (Å²) in [5.41, 5.74) is -0.400. The van der Waals surface area contributed by atoms with E-state index in [0.29, 0.717) is 17.7 Å². The molecule has 0 aliphatic heterocycles. The van der Waals surface area contributed by atoms with Gasteiger partial charge in [-0.1, -0.05) is 18.2 Å². The Morgan fingerprint density at radius 3 is 2.18 bits per heavy atom. The fourth-order valence-electron chi connectivity index (χ4n) is 3.30. The monoisotopic (exact) mass is 481 g/mol. The van der Waals surface area contributed by atoms with E-state index in [1.54, 1.807) is 64.6 Å². The predicted octanol–water partition coefficient (Wildman–Crippen LogP) is 3.84. The van der Waals surface area contributed by atoms with Gasteiger partial charge in [-0.05, 0) is 73.0 Å². The van der Waals surface area contributed by atoms with E-state index in [4.69, 9.17) is 4.74 Å². The minimum atomic E-state index is -1.07. The summed E-state index contributed by atoms with van der Waals surface area (Å²) in [7, 11) is 0. The normalized spacial score (nSPS) is 13.4. The summed E-state index contributed by atoms with van der Waals surface area (Å²) in [5.74, 6) is -0.287. The van der Waals surface area contributed by atoms with Crippen molar-refractivity contribution < 1.29 is 24.2 Å². The molecule has 0 bridgehead atoms. The van der Waals surface area contributed by atoms with Crippen LogP contribution in [0.3, 0.4) is 0 Å². The van der Waals surface area contributed by atoms with Crippen LogP contribution in [-0.4, -0.2) is 63.6 Å². The van der Waals surface area contributed by atoms with Crippen molar-refractivity contribution in [2.45, 2.75) is 84.7 Å². The van der Waals surface area contributed by atoms with Crippen LogP contribution < -0.4 is 10.6 Å². The number of ether oxygens (including phenoxy) is 1. The van der Waals surface area contributed by atoms with Gasteiger partial charge in [-0.3, -0.25) is 9.59 Å². The lowest BCUT2D eigenvalue weighted by Gasteiger charge is -2.37. The first-order valence-corrected chi connectivity index (χ1v) is 12.6. The highest BCUT2D eigenvalue weighted by Gasteiger charge is 2.38. The number of amides is 3. The third-order valence-electron chi connectivity index (χ3n) is 4.60. The number of phenolic OH excluding ortho intramolecular Hbond substituents is 1. The van der Waals surface area contributed by atoms with Crippen molar-refractivity contribution in [2.24, 2.45) is 0 Å². The van der Waals surface area contributed by atoms with E-state index in [1.165, 1.54) is 11.0 Å². The van der Waals surface area contributed by atoms with Crippen LogP contribution in [0.25, 0.3) is 0 Å². The molecule has 0 aliphatic rings. The predicted molar refractivity (Wildman–Crippen MR) is 132 cm³/mol. The number of thioether (sulfide) groups is 1. The Morgan fingerprint density at radius 1 is 1.09 bits per heavy atom. The molecule has 0 radical (unpaired) electrons. The Labute approximate surface area is 201 Å². The molecule has 1 aromatic rings. The third kappa shape index (κ3) is 9.15. The average Bonchev–Trinajstić information content (AvgIpc) is 2.67. The summed E-state index contributed by atoms with van der Waals surface area (Å²) in [6.07, 6.45) is 1.58. The first-order valence-electron chi connectivity index (χ1n) is 11.2. The Hall–Kier alpha value is -2.42. The molecule has 1 rings (SSSR count). The number of hydrogen-bond donors (Lipinski definition) is 3. The van der Waals surface area contributed by atoms with Gasteiger partial charge in [0.05, 0.1) is 0 Å². The number of nitrogens with zero attached hydrogens (tertiary/aromatic N) is 1. The summed E-state index contributed by atoms with van der Waals surface area (Å²) in [4.78, 5) is 41.0. The molecule has 33 heavy (non-hydrogen) atoms. The molecule has 2 atom stereocenters. The molecular formula is C24H39N3O5S. The van der Waals surface area contributed by atoms with Crippen LogP contribution >= 0.6 is 11.8 Å². The maximum absolute atomic E-state index is 13.8. The molecule has 0 fully saturated rings. The van der Waals surface area contributed by atoms with Crippen molar-refractivity contribution in [2.75, 3.05) is 12.0 Å². The number of nitrogens with one attached hydrogen (secondary N) is 2. The second-order valence-electron chi connectivity index (χ2n) is 9.44. The lowest BCUT2D eigenvalue weighted by atomic mass is 9.99. The van der Waals surface area contributed by atoms with Gasteiger partial charge >= 0.3 is 6.09 Å². The second-order valence-corrected chi connectivity index (χ2v) is 10.4. The van der Waals surface area contributed by atoms with E-state index in [9.17, 15) is 19.5 Å². The highest BCUT2D eigenvalue weighted by molar-refractivity contribution is 7.98. The number of para-hydroxylation sites is 1. The fraction of sp³-hybridized carbons (Fsp3) is 0.625. The molecule has 3 N–H and O–H groups in total. The van der Waals surface area contributed by atoms with Gasteiger partial charge in [0.2, 0.25) is 11.8 Å². The second kappa shape index (κ2) is 12.7. The number of hydrogen-bond acceptors (Lipinski definition) is 6. The average molecular weight is 482 g/mol. The molecule has 2 unspecified atom stereocenters. The number of aromatic hydroxyl groups is 1. The van der Waals surface area contributed by atoms with Crippen LogP contribution in [0.5, 0.6) is 5.75 Å². The Balaban J connectivity index is 3.43. The molecule has 0 saturated carbocycles. The van der Waals surface area contributed by atoms with Crippen LogP contribution in [0.15, 0.2) is 24.3 Å². The molecule has 0 heterocycles. The van der Waals surface area contributed by atoms with Gasteiger partial charge < -0.3 is 25.4 Å². The van der Waals surface area contributed by atoms with Crippen molar-refractivity contribution in [3.63, 3.8) is 0 Å². The quantitative estimate of drug-likeness (QED) is 0.469. The van der Waals surface area contributed by atoms with Crippen molar-refractivity contribution in [3.05, 3.63) is 29.8 Å². The zero-order valence-corrected chi connectivity index (χ0v) is 21.8. The zero-order chi connectivity index (χ0) is 25.3. The fourth-order valence-corrected chi connectivity index (χ4v) is 3.77. The van der Waals surface area contributed by atoms with E-state index >= 15 is 0 Å². The molecule has 9 heteroatoms. The molecule has 0 spiro atoms. The van der Waals surface area contributed by atoms with Gasteiger partial charge in [-0.25, -0.2) is 4.79 Å². The number of phenols is 1. The Bertz CT molecular complexity index is 808. The van der Waals surface area contributed by atoms with Gasteiger partial charge in [0.25, 0.3) is 0 Å². The highest BCUT2D eigenvalue weighted by Crippen LogP contribution is 2.31. The molecule has 1 aromatic carbocycles.